The summed E-state index contributed by atoms with van der Waals surface area (Å²) in [6, 6.07) is 16.3. The van der Waals surface area contributed by atoms with Crippen LogP contribution in [0, 0.1) is 6.92 Å². The Morgan fingerprint density at radius 2 is 1.72 bits per heavy atom. The van der Waals surface area contributed by atoms with Crippen molar-refractivity contribution in [3.05, 3.63) is 66.3 Å². The summed E-state index contributed by atoms with van der Waals surface area (Å²) in [7, 11) is 1.86. The van der Waals surface area contributed by atoms with E-state index in [2.05, 4.69) is 19.1 Å². The fourth-order valence-electron chi connectivity index (χ4n) is 2.34. The van der Waals surface area contributed by atoms with Gasteiger partial charge in [0.2, 0.25) is 5.69 Å². The summed E-state index contributed by atoms with van der Waals surface area (Å²) in [4.78, 5) is 0. The van der Waals surface area contributed by atoms with E-state index >= 15 is 0 Å². The van der Waals surface area contributed by atoms with Gasteiger partial charge in [0.1, 0.15) is 8.42 Å². The normalized spacial score (nSPS) is 12.3. The van der Waals surface area contributed by atoms with Crippen molar-refractivity contribution in [2.45, 2.75) is 6.92 Å². The SMILES string of the molecule is [2H]c1c([2H])[n+](C)c(-c2ccccc2C)c2ccccc12. The molecule has 0 saturated heterocycles. The Bertz CT molecular complexity index is 809. The minimum Gasteiger partial charge on any atom is -0.200 e. The third-order valence-corrected chi connectivity index (χ3v) is 3.28. The molecule has 2 aromatic carbocycles. The van der Waals surface area contributed by atoms with Gasteiger partial charge in [-0.3, -0.25) is 0 Å². The highest BCUT2D eigenvalue weighted by molar-refractivity contribution is 5.93. The van der Waals surface area contributed by atoms with Crippen LogP contribution in [-0.2, 0) is 7.05 Å². The number of rotatable bonds is 1. The molecule has 3 aromatic rings. The standard InChI is InChI=1S/C17H16N/c1-13-7-3-5-9-15(13)17-16-10-6-4-8-14(16)11-12-18(17)2/h3-12H,1-2H3/q+1/i11D,12D. The molecule has 0 aliphatic carbocycles. The van der Waals surface area contributed by atoms with E-state index in [1.54, 1.807) is 4.57 Å². The highest BCUT2D eigenvalue weighted by Gasteiger charge is 2.15. The van der Waals surface area contributed by atoms with Crippen LogP contribution < -0.4 is 4.57 Å². The van der Waals surface area contributed by atoms with Gasteiger partial charge in [-0.1, -0.05) is 36.4 Å². The number of pyridine rings is 1. The predicted octanol–water partition coefficient (Wildman–Crippen LogP) is 3.64. The zero-order chi connectivity index (χ0) is 14.3. The Morgan fingerprint density at radius 1 is 1.00 bits per heavy atom. The van der Waals surface area contributed by atoms with Crippen LogP contribution in [0.1, 0.15) is 8.30 Å². The molecule has 3 rings (SSSR count). The predicted molar refractivity (Wildman–Crippen MR) is 75.3 cm³/mol. The molecular formula is C17H16N+. The summed E-state index contributed by atoms with van der Waals surface area (Å²) < 4.78 is 18.1. The second-order valence-corrected chi connectivity index (χ2v) is 4.50. The summed E-state index contributed by atoms with van der Waals surface area (Å²) >= 11 is 0. The zero-order valence-corrected chi connectivity index (χ0v) is 10.6. The molecule has 0 radical (unpaired) electrons. The third-order valence-electron chi connectivity index (χ3n) is 3.28. The molecule has 0 atom stereocenters. The fourth-order valence-corrected chi connectivity index (χ4v) is 2.34. The number of hydrogen-bond donors (Lipinski definition) is 0. The van der Waals surface area contributed by atoms with Gasteiger partial charge in [0.15, 0.2) is 6.17 Å². The van der Waals surface area contributed by atoms with Crippen LogP contribution in [0.2, 0.25) is 0 Å². The number of hydrogen-bond acceptors (Lipinski definition) is 0. The molecule has 1 aromatic heterocycles. The van der Waals surface area contributed by atoms with Gasteiger partial charge in [-0.15, -0.1) is 0 Å². The summed E-state index contributed by atoms with van der Waals surface area (Å²) in [5, 5.41) is 1.85. The first-order chi connectivity index (χ1) is 9.61. The molecular weight excluding hydrogens is 218 g/mol. The molecule has 0 amide bonds. The Morgan fingerprint density at radius 3 is 2.56 bits per heavy atom. The molecule has 0 N–H and O–H groups in total. The third kappa shape index (κ3) is 1.68. The molecule has 0 saturated carbocycles. The lowest BCUT2D eigenvalue weighted by Gasteiger charge is -2.07. The molecule has 18 heavy (non-hydrogen) atoms. The largest absolute Gasteiger partial charge is 0.220 e. The second-order valence-electron chi connectivity index (χ2n) is 4.50. The number of aryl methyl sites for hydroxylation is 1. The van der Waals surface area contributed by atoms with Gasteiger partial charge in [0.05, 0.1) is 6.76 Å². The van der Waals surface area contributed by atoms with Gasteiger partial charge >= 0.3 is 0 Å². The van der Waals surface area contributed by atoms with Crippen molar-refractivity contribution < 1.29 is 7.31 Å². The van der Waals surface area contributed by atoms with Crippen molar-refractivity contribution in [2.24, 2.45) is 7.05 Å². The van der Waals surface area contributed by atoms with Crippen LogP contribution in [0.4, 0.5) is 0 Å². The van der Waals surface area contributed by atoms with Crippen molar-refractivity contribution in [3.63, 3.8) is 0 Å². The monoisotopic (exact) mass is 236 g/mol. The molecule has 0 unspecified atom stereocenters. The van der Waals surface area contributed by atoms with E-state index in [-0.39, 0.29) is 12.2 Å². The van der Waals surface area contributed by atoms with Crippen LogP contribution >= 0.6 is 0 Å². The quantitative estimate of drug-likeness (QED) is 0.568. The lowest BCUT2D eigenvalue weighted by Crippen LogP contribution is -2.30. The van der Waals surface area contributed by atoms with Crippen molar-refractivity contribution in [1.29, 1.82) is 0 Å². The maximum atomic E-state index is 8.16. The summed E-state index contributed by atoms with van der Waals surface area (Å²) in [6.07, 6.45) is 0.238. The second kappa shape index (κ2) is 4.26. The van der Waals surface area contributed by atoms with Gasteiger partial charge in [-0.25, -0.2) is 4.57 Å². The first-order valence-electron chi connectivity index (χ1n) is 7.05. The molecule has 0 spiro atoms. The van der Waals surface area contributed by atoms with Crippen LogP contribution in [-0.4, -0.2) is 0 Å². The first kappa shape index (κ1) is 8.87. The summed E-state index contributed by atoms with van der Waals surface area (Å²) in [6.45, 7) is 2.07. The van der Waals surface area contributed by atoms with Crippen molar-refractivity contribution in [3.8, 4) is 11.3 Å². The van der Waals surface area contributed by atoms with Gasteiger partial charge in [-0.2, -0.15) is 0 Å². The molecule has 0 aliphatic heterocycles. The molecule has 0 bridgehead atoms. The lowest BCUT2D eigenvalue weighted by atomic mass is 10.00. The zero-order valence-electron chi connectivity index (χ0n) is 12.6. The number of aromatic nitrogens is 1. The molecule has 88 valence electrons. The van der Waals surface area contributed by atoms with Gasteiger partial charge in [-0.05, 0) is 30.0 Å². The fraction of sp³-hybridized carbons (Fsp3) is 0.118. The average molecular weight is 236 g/mol. The molecule has 1 nitrogen and oxygen atoms in total. The van der Waals surface area contributed by atoms with E-state index in [1.165, 1.54) is 5.56 Å². The van der Waals surface area contributed by atoms with E-state index in [0.29, 0.717) is 0 Å². The Balaban J connectivity index is 2.51. The Hall–Kier alpha value is -2.15. The van der Waals surface area contributed by atoms with Crippen molar-refractivity contribution in [1.82, 2.24) is 0 Å². The molecule has 0 fully saturated rings. The Kier molecular flexibility index (Phi) is 2.10. The highest BCUT2D eigenvalue weighted by Crippen LogP contribution is 2.27. The van der Waals surface area contributed by atoms with Crippen molar-refractivity contribution >= 4 is 10.8 Å². The highest BCUT2D eigenvalue weighted by atomic mass is 14.9. The Labute approximate surface area is 110 Å². The number of fused-ring (bicyclic) bond motifs is 1. The van der Waals surface area contributed by atoms with Gasteiger partial charge in [0.25, 0.3) is 0 Å². The van der Waals surface area contributed by atoms with Crippen LogP contribution in [0.25, 0.3) is 22.0 Å². The van der Waals surface area contributed by atoms with Crippen LogP contribution in [0.5, 0.6) is 0 Å². The van der Waals surface area contributed by atoms with Gasteiger partial charge in [0, 0.05) is 11.6 Å². The average Bonchev–Trinajstić information content (AvgIpc) is 2.47. The minimum absolute atomic E-state index is 0.238. The van der Waals surface area contributed by atoms with E-state index < -0.39 is 0 Å². The van der Waals surface area contributed by atoms with Gasteiger partial charge < -0.3 is 0 Å². The van der Waals surface area contributed by atoms with E-state index in [4.69, 9.17) is 2.74 Å². The smallest absolute Gasteiger partial charge is 0.200 e. The van der Waals surface area contributed by atoms with Crippen molar-refractivity contribution in [2.75, 3.05) is 0 Å². The maximum Gasteiger partial charge on any atom is 0.220 e. The van der Waals surface area contributed by atoms with E-state index in [9.17, 15) is 0 Å². The van der Waals surface area contributed by atoms with Crippen LogP contribution in [0.15, 0.2) is 60.7 Å². The van der Waals surface area contributed by atoms with E-state index in [1.807, 2.05) is 43.4 Å². The van der Waals surface area contributed by atoms with Crippen LogP contribution in [0.3, 0.4) is 0 Å². The number of nitrogens with zero attached hydrogens (tertiary/aromatic N) is 1. The topological polar surface area (TPSA) is 3.88 Å². The lowest BCUT2D eigenvalue weighted by molar-refractivity contribution is -0.659. The molecule has 0 aliphatic rings. The summed E-state index contributed by atoms with van der Waals surface area (Å²) in [5.74, 6) is 0. The summed E-state index contributed by atoms with van der Waals surface area (Å²) in [5.41, 5.74) is 3.28. The maximum absolute atomic E-state index is 8.16. The minimum atomic E-state index is 0.238. The van der Waals surface area contributed by atoms with E-state index in [0.717, 1.165) is 22.0 Å². The molecule has 1 heterocycles. The first-order valence-corrected chi connectivity index (χ1v) is 6.05. The molecule has 1 heteroatoms. The number of benzene rings is 2.